The zero-order valence-electron chi connectivity index (χ0n) is 11.4. The van der Waals surface area contributed by atoms with Gasteiger partial charge >= 0.3 is 5.97 Å². The number of benzene rings is 2. The summed E-state index contributed by atoms with van der Waals surface area (Å²) in [6, 6.07) is 14.8. The Balaban J connectivity index is 2.26. The standard InChI is InChI=1S/C17H12N2O2/c1-11-8-12(17(20)21)6-7-15(11)19-10-13(9-18)14-4-2-3-5-16(14)19/h2-8,10H,1H3,(H,20,21). The highest BCUT2D eigenvalue weighted by Gasteiger charge is 2.12. The quantitative estimate of drug-likeness (QED) is 0.778. The molecule has 21 heavy (non-hydrogen) atoms. The molecule has 0 radical (unpaired) electrons. The summed E-state index contributed by atoms with van der Waals surface area (Å²) in [6.45, 7) is 1.86. The minimum atomic E-state index is -0.945. The van der Waals surface area contributed by atoms with Crippen LogP contribution in [-0.2, 0) is 0 Å². The lowest BCUT2D eigenvalue weighted by molar-refractivity contribution is 0.0697. The molecule has 3 aromatic rings. The van der Waals surface area contributed by atoms with Crippen LogP contribution < -0.4 is 0 Å². The van der Waals surface area contributed by atoms with Crippen LogP contribution in [0.4, 0.5) is 0 Å². The van der Waals surface area contributed by atoms with Gasteiger partial charge in [0.25, 0.3) is 0 Å². The fourth-order valence-electron chi connectivity index (χ4n) is 2.53. The highest BCUT2D eigenvalue weighted by molar-refractivity contribution is 5.90. The van der Waals surface area contributed by atoms with Gasteiger partial charge in [0.05, 0.1) is 16.6 Å². The molecule has 1 N–H and O–H groups in total. The molecule has 0 atom stereocenters. The van der Waals surface area contributed by atoms with Crippen LogP contribution in [-0.4, -0.2) is 15.6 Å². The fourth-order valence-corrected chi connectivity index (χ4v) is 2.53. The van der Waals surface area contributed by atoms with Gasteiger partial charge in [-0.1, -0.05) is 18.2 Å². The number of aryl methyl sites for hydroxylation is 1. The number of para-hydroxylation sites is 1. The van der Waals surface area contributed by atoms with E-state index in [0.717, 1.165) is 22.2 Å². The number of rotatable bonds is 2. The maximum atomic E-state index is 11.0. The minimum absolute atomic E-state index is 0.258. The zero-order chi connectivity index (χ0) is 15.0. The summed E-state index contributed by atoms with van der Waals surface area (Å²) in [5, 5.41) is 19.2. The summed E-state index contributed by atoms with van der Waals surface area (Å²) in [5.74, 6) is -0.945. The third-order valence-corrected chi connectivity index (χ3v) is 3.54. The summed E-state index contributed by atoms with van der Waals surface area (Å²) in [5.41, 5.74) is 3.51. The van der Waals surface area contributed by atoms with Crippen LogP contribution in [0.1, 0.15) is 21.5 Å². The number of nitriles is 1. The molecule has 0 spiro atoms. The van der Waals surface area contributed by atoms with Crippen molar-refractivity contribution >= 4 is 16.9 Å². The Morgan fingerprint density at radius 1 is 1.24 bits per heavy atom. The number of hydrogen-bond donors (Lipinski definition) is 1. The zero-order valence-corrected chi connectivity index (χ0v) is 11.4. The van der Waals surface area contributed by atoms with E-state index in [-0.39, 0.29) is 5.56 Å². The third-order valence-electron chi connectivity index (χ3n) is 3.54. The number of hydrogen-bond acceptors (Lipinski definition) is 2. The van der Waals surface area contributed by atoms with Gasteiger partial charge < -0.3 is 9.67 Å². The van der Waals surface area contributed by atoms with E-state index in [1.54, 1.807) is 24.4 Å². The van der Waals surface area contributed by atoms with Crippen molar-refractivity contribution in [3.8, 4) is 11.8 Å². The van der Waals surface area contributed by atoms with E-state index in [1.165, 1.54) is 0 Å². The molecule has 0 amide bonds. The average molecular weight is 276 g/mol. The van der Waals surface area contributed by atoms with E-state index >= 15 is 0 Å². The van der Waals surface area contributed by atoms with Crippen LogP contribution in [0.25, 0.3) is 16.6 Å². The highest BCUT2D eigenvalue weighted by Crippen LogP contribution is 2.26. The molecule has 1 heterocycles. The van der Waals surface area contributed by atoms with Gasteiger partial charge in [-0.25, -0.2) is 4.79 Å². The SMILES string of the molecule is Cc1cc(C(=O)O)ccc1-n1cc(C#N)c2ccccc21. The Morgan fingerprint density at radius 2 is 2.00 bits per heavy atom. The van der Waals surface area contributed by atoms with Crippen molar-refractivity contribution < 1.29 is 9.90 Å². The highest BCUT2D eigenvalue weighted by atomic mass is 16.4. The molecule has 0 aliphatic rings. The van der Waals surface area contributed by atoms with E-state index in [2.05, 4.69) is 6.07 Å². The number of fused-ring (bicyclic) bond motifs is 1. The summed E-state index contributed by atoms with van der Waals surface area (Å²) < 4.78 is 1.93. The van der Waals surface area contributed by atoms with Gasteiger partial charge in [0.1, 0.15) is 6.07 Å². The molecule has 1 aromatic heterocycles. The first-order valence-corrected chi connectivity index (χ1v) is 6.46. The molecular formula is C17H12N2O2. The summed E-state index contributed by atoms with van der Waals surface area (Å²) in [6.07, 6.45) is 1.79. The van der Waals surface area contributed by atoms with Gasteiger partial charge in [0.2, 0.25) is 0 Å². The average Bonchev–Trinajstić information content (AvgIpc) is 2.86. The van der Waals surface area contributed by atoms with Crippen molar-refractivity contribution in [2.24, 2.45) is 0 Å². The maximum absolute atomic E-state index is 11.0. The molecule has 0 bridgehead atoms. The molecule has 102 valence electrons. The second-order valence-corrected chi connectivity index (χ2v) is 4.85. The summed E-state index contributed by atoms with van der Waals surface area (Å²) in [7, 11) is 0. The van der Waals surface area contributed by atoms with Crippen molar-refractivity contribution in [3.05, 3.63) is 65.4 Å². The van der Waals surface area contributed by atoms with Crippen LogP contribution >= 0.6 is 0 Å². The predicted molar refractivity (Wildman–Crippen MR) is 79.7 cm³/mol. The molecule has 4 heteroatoms. The van der Waals surface area contributed by atoms with E-state index in [9.17, 15) is 10.1 Å². The van der Waals surface area contributed by atoms with E-state index in [4.69, 9.17) is 5.11 Å². The van der Waals surface area contributed by atoms with Crippen molar-refractivity contribution in [2.75, 3.05) is 0 Å². The van der Waals surface area contributed by atoms with Crippen molar-refractivity contribution in [3.63, 3.8) is 0 Å². The number of carbonyl (C=O) groups is 1. The smallest absolute Gasteiger partial charge is 0.335 e. The third kappa shape index (κ3) is 2.05. The number of aromatic carboxylic acids is 1. The van der Waals surface area contributed by atoms with Crippen LogP contribution in [0, 0.1) is 18.3 Å². The lowest BCUT2D eigenvalue weighted by Crippen LogP contribution is -2.00. The number of nitrogens with zero attached hydrogens (tertiary/aromatic N) is 2. The topological polar surface area (TPSA) is 66.0 Å². The fraction of sp³-hybridized carbons (Fsp3) is 0.0588. The Kier molecular flexibility index (Phi) is 2.96. The molecular weight excluding hydrogens is 264 g/mol. The summed E-state index contributed by atoms with van der Waals surface area (Å²) >= 11 is 0. The van der Waals surface area contributed by atoms with E-state index < -0.39 is 5.97 Å². The number of carboxylic acid groups (broad SMARTS) is 1. The Bertz CT molecular complexity index is 901. The van der Waals surface area contributed by atoms with Gasteiger partial charge in [-0.2, -0.15) is 5.26 Å². The monoisotopic (exact) mass is 276 g/mol. The van der Waals surface area contributed by atoms with Gasteiger partial charge in [-0.05, 0) is 36.8 Å². The second-order valence-electron chi connectivity index (χ2n) is 4.85. The van der Waals surface area contributed by atoms with Gasteiger partial charge in [0, 0.05) is 17.3 Å². The van der Waals surface area contributed by atoms with Crippen molar-refractivity contribution in [1.29, 1.82) is 5.26 Å². The molecule has 0 fully saturated rings. The Labute approximate surface area is 121 Å². The Morgan fingerprint density at radius 3 is 2.67 bits per heavy atom. The summed E-state index contributed by atoms with van der Waals surface area (Å²) in [4.78, 5) is 11.0. The molecule has 0 unspecified atom stereocenters. The lowest BCUT2D eigenvalue weighted by atomic mass is 10.1. The first kappa shape index (κ1) is 12.9. The maximum Gasteiger partial charge on any atom is 0.335 e. The van der Waals surface area contributed by atoms with Gasteiger partial charge in [0.15, 0.2) is 0 Å². The van der Waals surface area contributed by atoms with Crippen LogP contribution in [0.3, 0.4) is 0 Å². The molecule has 3 rings (SSSR count). The molecule has 0 saturated carbocycles. The molecule has 0 aliphatic carbocycles. The molecule has 2 aromatic carbocycles. The van der Waals surface area contributed by atoms with Crippen molar-refractivity contribution in [2.45, 2.75) is 6.92 Å². The molecule has 0 saturated heterocycles. The first-order chi connectivity index (χ1) is 10.1. The minimum Gasteiger partial charge on any atom is -0.478 e. The van der Waals surface area contributed by atoms with E-state index in [0.29, 0.717) is 5.56 Å². The number of aromatic nitrogens is 1. The normalized spacial score (nSPS) is 10.5. The van der Waals surface area contributed by atoms with Crippen molar-refractivity contribution in [1.82, 2.24) is 4.57 Å². The predicted octanol–water partition coefficient (Wildman–Crippen LogP) is 3.51. The van der Waals surface area contributed by atoms with Gasteiger partial charge in [-0.15, -0.1) is 0 Å². The largest absolute Gasteiger partial charge is 0.478 e. The second kappa shape index (κ2) is 4.80. The number of carboxylic acids is 1. The van der Waals surface area contributed by atoms with Crippen LogP contribution in [0.15, 0.2) is 48.7 Å². The first-order valence-electron chi connectivity index (χ1n) is 6.46. The van der Waals surface area contributed by atoms with Gasteiger partial charge in [-0.3, -0.25) is 0 Å². The Hall–Kier alpha value is -3.06. The molecule has 4 nitrogen and oxygen atoms in total. The molecule has 0 aliphatic heterocycles. The van der Waals surface area contributed by atoms with Crippen LogP contribution in [0.2, 0.25) is 0 Å². The lowest BCUT2D eigenvalue weighted by Gasteiger charge is -2.09. The van der Waals surface area contributed by atoms with E-state index in [1.807, 2.05) is 35.8 Å². The van der Waals surface area contributed by atoms with Crippen LogP contribution in [0.5, 0.6) is 0 Å².